The summed E-state index contributed by atoms with van der Waals surface area (Å²) in [5.74, 6) is 0.707. The molecule has 1 fully saturated rings. The van der Waals surface area contributed by atoms with Crippen LogP contribution in [0.3, 0.4) is 0 Å². The number of rotatable bonds is 2. The standard InChI is InChI=1S/C14H20FN/c1-10-3-5-13(6-4-10)16-14-8-11(2)7-12(15)9-14/h7-10,13,16H,3-6H2,1-2H3. The number of anilines is 1. The predicted octanol–water partition coefficient (Wildman–Crippen LogP) is 4.12. The SMILES string of the molecule is Cc1cc(F)cc(NC2CCC(C)CC2)c1. The number of hydrogen-bond acceptors (Lipinski definition) is 1. The van der Waals surface area contributed by atoms with Crippen LogP contribution in [0.15, 0.2) is 18.2 Å². The molecule has 1 nitrogen and oxygen atoms in total. The van der Waals surface area contributed by atoms with Crippen LogP contribution in [-0.4, -0.2) is 6.04 Å². The third-order valence-corrected chi connectivity index (χ3v) is 3.43. The molecule has 1 aromatic carbocycles. The van der Waals surface area contributed by atoms with E-state index in [1.807, 2.05) is 13.0 Å². The molecule has 1 aromatic rings. The quantitative estimate of drug-likeness (QED) is 0.792. The van der Waals surface area contributed by atoms with Crippen LogP contribution in [0.5, 0.6) is 0 Å². The highest BCUT2D eigenvalue weighted by Gasteiger charge is 2.17. The lowest BCUT2D eigenvalue weighted by Gasteiger charge is -2.27. The van der Waals surface area contributed by atoms with Crippen LogP contribution in [0, 0.1) is 18.7 Å². The van der Waals surface area contributed by atoms with Crippen molar-refractivity contribution in [3.8, 4) is 0 Å². The summed E-state index contributed by atoms with van der Waals surface area (Å²) in [6.07, 6.45) is 4.98. The molecule has 0 aromatic heterocycles. The molecule has 0 amide bonds. The number of halogens is 1. The summed E-state index contributed by atoms with van der Waals surface area (Å²) in [7, 11) is 0. The molecule has 1 aliphatic carbocycles. The van der Waals surface area contributed by atoms with Crippen molar-refractivity contribution in [2.75, 3.05) is 5.32 Å². The van der Waals surface area contributed by atoms with Gasteiger partial charge in [-0.2, -0.15) is 0 Å². The van der Waals surface area contributed by atoms with Gasteiger partial charge in [-0.3, -0.25) is 0 Å². The lowest BCUT2D eigenvalue weighted by Crippen LogP contribution is -2.25. The van der Waals surface area contributed by atoms with Gasteiger partial charge in [0.05, 0.1) is 0 Å². The normalized spacial score (nSPS) is 25.4. The molecule has 0 bridgehead atoms. The van der Waals surface area contributed by atoms with Gasteiger partial charge in [0.1, 0.15) is 5.82 Å². The first kappa shape index (κ1) is 11.4. The van der Waals surface area contributed by atoms with Crippen LogP contribution in [-0.2, 0) is 0 Å². The molecule has 2 rings (SSSR count). The van der Waals surface area contributed by atoms with Gasteiger partial charge in [0.2, 0.25) is 0 Å². The van der Waals surface area contributed by atoms with E-state index in [0.717, 1.165) is 17.2 Å². The minimum absolute atomic E-state index is 0.147. The largest absolute Gasteiger partial charge is 0.382 e. The van der Waals surface area contributed by atoms with Gasteiger partial charge in [0.25, 0.3) is 0 Å². The van der Waals surface area contributed by atoms with Crippen molar-refractivity contribution in [2.45, 2.75) is 45.6 Å². The van der Waals surface area contributed by atoms with E-state index in [0.29, 0.717) is 6.04 Å². The molecule has 16 heavy (non-hydrogen) atoms. The summed E-state index contributed by atoms with van der Waals surface area (Å²) in [6, 6.07) is 5.69. The van der Waals surface area contributed by atoms with Gasteiger partial charge in [-0.05, 0) is 62.3 Å². The average molecular weight is 221 g/mol. The fourth-order valence-corrected chi connectivity index (χ4v) is 2.46. The molecule has 0 atom stereocenters. The first-order valence-electron chi connectivity index (χ1n) is 6.17. The Balaban J connectivity index is 1.98. The molecule has 1 aliphatic rings. The van der Waals surface area contributed by atoms with Gasteiger partial charge in [-0.15, -0.1) is 0 Å². The van der Waals surface area contributed by atoms with Gasteiger partial charge in [0, 0.05) is 11.7 Å². The highest BCUT2D eigenvalue weighted by molar-refractivity contribution is 5.46. The Bertz CT molecular complexity index is 334. The maximum atomic E-state index is 13.2. The summed E-state index contributed by atoms with van der Waals surface area (Å²) in [5, 5.41) is 3.44. The third kappa shape index (κ3) is 2.97. The van der Waals surface area contributed by atoms with Crippen molar-refractivity contribution < 1.29 is 4.39 Å². The lowest BCUT2D eigenvalue weighted by molar-refractivity contribution is 0.361. The van der Waals surface area contributed by atoms with Crippen molar-refractivity contribution in [2.24, 2.45) is 5.92 Å². The number of aryl methyl sites for hydroxylation is 1. The minimum atomic E-state index is -0.147. The Morgan fingerprint density at radius 3 is 2.44 bits per heavy atom. The highest BCUT2D eigenvalue weighted by Crippen LogP contribution is 2.26. The Morgan fingerprint density at radius 1 is 1.12 bits per heavy atom. The van der Waals surface area contributed by atoms with E-state index in [1.54, 1.807) is 12.1 Å². The molecule has 1 saturated carbocycles. The van der Waals surface area contributed by atoms with Gasteiger partial charge >= 0.3 is 0 Å². The van der Waals surface area contributed by atoms with E-state index in [-0.39, 0.29) is 5.82 Å². The van der Waals surface area contributed by atoms with E-state index in [9.17, 15) is 4.39 Å². The molecule has 0 radical (unpaired) electrons. The Labute approximate surface area is 97.1 Å². The lowest BCUT2D eigenvalue weighted by atomic mass is 9.87. The number of nitrogens with one attached hydrogen (secondary N) is 1. The Morgan fingerprint density at radius 2 is 1.81 bits per heavy atom. The van der Waals surface area contributed by atoms with Crippen LogP contribution in [0.2, 0.25) is 0 Å². The van der Waals surface area contributed by atoms with Crippen molar-refractivity contribution in [3.05, 3.63) is 29.6 Å². The smallest absolute Gasteiger partial charge is 0.125 e. The Kier molecular flexibility index (Phi) is 3.47. The van der Waals surface area contributed by atoms with Gasteiger partial charge in [-0.1, -0.05) is 6.92 Å². The molecule has 0 saturated heterocycles. The summed E-state index contributed by atoms with van der Waals surface area (Å²) in [5.41, 5.74) is 1.91. The highest BCUT2D eigenvalue weighted by atomic mass is 19.1. The molecule has 1 N–H and O–H groups in total. The van der Waals surface area contributed by atoms with Crippen molar-refractivity contribution in [1.29, 1.82) is 0 Å². The van der Waals surface area contributed by atoms with Crippen LogP contribution >= 0.6 is 0 Å². The summed E-state index contributed by atoms with van der Waals surface area (Å²) in [4.78, 5) is 0. The zero-order chi connectivity index (χ0) is 11.5. The molecular weight excluding hydrogens is 201 g/mol. The second-order valence-electron chi connectivity index (χ2n) is 5.12. The monoisotopic (exact) mass is 221 g/mol. The second kappa shape index (κ2) is 4.86. The Hall–Kier alpha value is -1.05. The average Bonchev–Trinajstić information content (AvgIpc) is 2.20. The maximum absolute atomic E-state index is 13.2. The van der Waals surface area contributed by atoms with E-state index >= 15 is 0 Å². The molecule has 0 heterocycles. The van der Waals surface area contributed by atoms with E-state index < -0.39 is 0 Å². The summed E-state index contributed by atoms with van der Waals surface area (Å²) >= 11 is 0. The molecule has 88 valence electrons. The minimum Gasteiger partial charge on any atom is -0.382 e. The van der Waals surface area contributed by atoms with Gasteiger partial charge < -0.3 is 5.32 Å². The zero-order valence-electron chi connectivity index (χ0n) is 10.1. The molecule has 2 heteroatoms. The van der Waals surface area contributed by atoms with E-state index in [4.69, 9.17) is 0 Å². The topological polar surface area (TPSA) is 12.0 Å². The first-order chi connectivity index (χ1) is 7.63. The maximum Gasteiger partial charge on any atom is 0.125 e. The zero-order valence-corrected chi connectivity index (χ0v) is 10.1. The molecule has 0 aliphatic heterocycles. The molecule has 0 spiro atoms. The number of benzene rings is 1. The van der Waals surface area contributed by atoms with Crippen molar-refractivity contribution in [3.63, 3.8) is 0 Å². The van der Waals surface area contributed by atoms with Gasteiger partial charge in [0.15, 0.2) is 0 Å². The molecular formula is C14H20FN. The summed E-state index contributed by atoms with van der Waals surface area (Å²) in [6.45, 7) is 4.24. The fraction of sp³-hybridized carbons (Fsp3) is 0.571. The summed E-state index contributed by atoms with van der Waals surface area (Å²) < 4.78 is 13.2. The van der Waals surface area contributed by atoms with E-state index in [2.05, 4.69) is 12.2 Å². The van der Waals surface area contributed by atoms with Gasteiger partial charge in [-0.25, -0.2) is 4.39 Å². The third-order valence-electron chi connectivity index (χ3n) is 3.43. The fourth-order valence-electron chi connectivity index (χ4n) is 2.46. The van der Waals surface area contributed by atoms with Crippen LogP contribution in [0.4, 0.5) is 10.1 Å². The number of hydrogen-bond donors (Lipinski definition) is 1. The van der Waals surface area contributed by atoms with Crippen molar-refractivity contribution in [1.82, 2.24) is 0 Å². The van der Waals surface area contributed by atoms with Crippen molar-refractivity contribution >= 4 is 5.69 Å². The van der Waals surface area contributed by atoms with Crippen LogP contribution in [0.1, 0.15) is 38.2 Å². The van der Waals surface area contributed by atoms with Crippen LogP contribution in [0.25, 0.3) is 0 Å². The molecule has 0 unspecified atom stereocenters. The van der Waals surface area contributed by atoms with E-state index in [1.165, 1.54) is 25.7 Å². The van der Waals surface area contributed by atoms with Crippen LogP contribution < -0.4 is 5.32 Å². The first-order valence-corrected chi connectivity index (χ1v) is 6.17. The predicted molar refractivity (Wildman–Crippen MR) is 66.2 cm³/mol. The second-order valence-corrected chi connectivity index (χ2v) is 5.12.